The minimum absolute atomic E-state index is 0.326. The van der Waals surface area contributed by atoms with E-state index in [2.05, 4.69) is 24.1 Å². The van der Waals surface area contributed by atoms with Crippen molar-refractivity contribution in [1.29, 1.82) is 0 Å². The fraction of sp³-hybridized carbons (Fsp3) is 0.600. The Morgan fingerprint density at radius 1 is 1.47 bits per heavy atom. The highest BCUT2D eigenvalue weighted by molar-refractivity contribution is 5.88. The van der Waals surface area contributed by atoms with E-state index in [9.17, 15) is 4.79 Å². The second kappa shape index (κ2) is 6.04. The van der Waals surface area contributed by atoms with E-state index in [0.29, 0.717) is 17.4 Å². The summed E-state index contributed by atoms with van der Waals surface area (Å²) in [6.07, 6.45) is 5.30. The van der Waals surface area contributed by atoms with Gasteiger partial charge in [0.1, 0.15) is 5.82 Å². The Kier molecular flexibility index (Phi) is 4.40. The van der Waals surface area contributed by atoms with Gasteiger partial charge in [0, 0.05) is 11.7 Å². The summed E-state index contributed by atoms with van der Waals surface area (Å²) >= 11 is 0. The van der Waals surface area contributed by atoms with Gasteiger partial charge in [-0.1, -0.05) is 20.3 Å². The predicted molar refractivity (Wildman–Crippen MR) is 75.6 cm³/mol. The molecule has 2 atom stereocenters. The minimum Gasteiger partial charge on any atom is -0.478 e. The van der Waals surface area contributed by atoms with Gasteiger partial charge in [0.2, 0.25) is 0 Å². The van der Waals surface area contributed by atoms with Crippen LogP contribution in [0.3, 0.4) is 0 Å². The van der Waals surface area contributed by atoms with E-state index in [1.54, 1.807) is 12.1 Å². The van der Waals surface area contributed by atoms with Gasteiger partial charge in [0.15, 0.2) is 0 Å². The van der Waals surface area contributed by atoms with E-state index in [0.717, 1.165) is 37.3 Å². The Morgan fingerprint density at radius 3 is 2.84 bits per heavy atom. The van der Waals surface area contributed by atoms with Crippen molar-refractivity contribution in [3.8, 4) is 0 Å². The predicted octanol–water partition coefficient (Wildman–Crippen LogP) is 3.33. The standard InChI is InChI=1S/C15H22N2O2/c1-3-4-12-8-11(15(18)19)9-14(16-12)17-13-6-5-10(2)7-13/h8-10,13H,3-7H2,1-2H3,(H,16,17)(H,18,19). The molecule has 4 heteroatoms. The van der Waals surface area contributed by atoms with Gasteiger partial charge >= 0.3 is 5.97 Å². The number of carboxylic acids is 1. The Hall–Kier alpha value is -1.58. The molecule has 1 saturated carbocycles. The molecule has 0 aromatic carbocycles. The molecule has 0 saturated heterocycles. The third-order valence-electron chi connectivity index (χ3n) is 3.68. The van der Waals surface area contributed by atoms with Crippen LogP contribution in [0, 0.1) is 5.92 Å². The molecule has 1 heterocycles. The van der Waals surface area contributed by atoms with Gasteiger partial charge < -0.3 is 10.4 Å². The number of aromatic carboxylic acids is 1. The van der Waals surface area contributed by atoms with Crippen LogP contribution in [0.5, 0.6) is 0 Å². The zero-order chi connectivity index (χ0) is 13.8. The first-order valence-corrected chi connectivity index (χ1v) is 7.09. The topological polar surface area (TPSA) is 62.2 Å². The van der Waals surface area contributed by atoms with Crippen molar-refractivity contribution in [3.05, 3.63) is 23.4 Å². The molecule has 0 radical (unpaired) electrons. The monoisotopic (exact) mass is 262 g/mol. The van der Waals surface area contributed by atoms with E-state index in [-0.39, 0.29) is 0 Å². The van der Waals surface area contributed by atoms with E-state index in [1.165, 1.54) is 6.42 Å². The molecule has 0 bridgehead atoms. The third-order valence-corrected chi connectivity index (χ3v) is 3.68. The number of aromatic nitrogens is 1. The highest BCUT2D eigenvalue weighted by atomic mass is 16.4. The lowest BCUT2D eigenvalue weighted by Crippen LogP contribution is -2.17. The molecule has 0 aliphatic heterocycles. The van der Waals surface area contributed by atoms with E-state index < -0.39 is 5.97 Å². The normalized spacial score (nSPS) is 22.4. The molecule has 104 valence electrons. The van der Waals surface area contributed by atoms with Crippen molar-refractivity contribution in [3.63, 3.8) is 0 Å². The molecular weight excluding hydrogens is 240 g/mol. The first-order chi connectivity index (χ1) is 9.08. The number of aryl methyl sites for hydroxylation is 1. The molecule has 1 aliphatic carbocycles. The molecule has 1 aromatic heterocycles. The van der Waals surface area contributed by atoms with Crippen LogP contribution in [0.15, 0.2) is 12.1 Å². The van der Waals surface area contributed by atoms with Crippen molar-refractivity contribution in [2.45, 2.75) is 52.0 Å². The number of pyridine rings is 1. The van der Waals surface area contributed by atoms with E-state index in [4.69, 9.17) is 5.11 Å². The van der Waals surface area contributed by atoms with Crippen LogP contribution in [-0.2, 0) is 6.42 Å². The summed E-state index contributed by atoms with van der Waals surface area (Å²) in [5.74, 6) is 0.570. The Balaban J connectivity index is 2.16. The number of hydrogen-bond acceptors (Lipinski definition) is 3. The van der Waals surface area contributed by atoms with E-state index >= 15 is 0 Å². The number of carbonyl (C=O) groups is 1. The van der Waals surface area contributed by atoms with Crippen LogP contribution in [0.4, 0.5) is 5.82 Å². The average molecular weight is 262 g/mol. The molecule has 2 rings (SSSR count). The number of hydrogen-bond donors (Lipinski definition) is 2. The highest BCUT2D eigenvalue weighted by Crippen LogP contribution is 2.27. The van der Waals surface area contributed by atoms with Gasteiger partial charge in [0.25, 0.3) is 0 Å². The van der Waals surface area contributed by atoms with Gasteiger partial charge in [0.05, 0.1) is 5.56 Å². The minimum atomic E-state index is -0.886. The Morgan fingerprint density at radius 2 is 2.26 bits per heavy atom. The quantitative estimate of drug-likeness (QED) is 0.854. The smallest absolute Gasteiger partial charge is 0.335 e. The van der Waals surface area contributed by atoms with E-state index in [1.807, 2.05) is 0 Å². The van der Waals surface area contributed by atoms with Gasteiger partial charge in [-0.25, -0.2) is 9.78 Å². The van der Waals surface area contributed by atoms with Crippen molar-refractivity contribution in [2.75, 3.05) is 5.32 Å². The first-order valence-electron chi connectivity index (χ1n) is 7.09. The Bertz CT molecular complexity index is 459. The third kappa shape index (κ3) is 3.69. The molecule has 0 amide bonds. The van der Waals surface area contributed by atoms with Crippen molar-refractivity contribution in [1.82, 2.24) is 4.98 Å². The number of carboxylic acid groups (broad SMARTS) is 1. The number of nitrogens with zero attached hydrogens (tertiary/aromatic N) is 1. The summed E-state index contributed by atoms with van der Waals surface area (Å²) < 4.78 is 0. The molecule has 1 aliphatic rings. The van der Waals surface area contributed by atoms with Gasteiger partial charge in [-0.15, -0.1) is 0 Å². The molecule has 19 heavy (non-hydrogen) atoms. The highest BCUT2D eigenvalue weighted by Gasteiger charge is 2.21. The van der Waals surface area contributed by atoms with Gasteiger partial charge in [-0.2, -0.15) is 0 Å². The molecular formula is C15H22N2O2. The zero-order valence-corrected chi connectivity index (χ0v) is 11.6. The largest absolute Gasteiger partial charge is 0.478 e. The molecule has 1 fully saturated rings. The molecule has 1 aromatic rings. The number of nitrogens with one attached hydrogen (secondary N) is 1. The maximum absolute atomic E-state index is 11.1. The SMILES string of the molecule is CCCc1cc(C(=O)O)cc(NC2CCC(C)C2)n1. The molecule has 2 N–H and O–H groups in total. The summed E-state index contributed by atoms with van der Waals surface area (Å²) in [4.78, 5) is 15.7. The van der Waals surface area contributed by atoms with Crippen LogP contribution >= 0.6 is 0 Å². The number of anilines is 1. The lowest BCUT2D eigenvalue weighted by Gasteiger charge is -2.14. The molecule has 2 unspecified atom stereocenters. The summed E-state index contributed by atoms with van der Waals surface area (Å²) in [5, 5.41) is 12.5. The van der Waals surface area contributed by atoms with Gasteiger partial charge in [-0.05, 0) is 43.7 Å². The average Bonchev–Trinajstić information content (AvgIpc) is 2.75. The summed E-state index contributed by atoms with van der Waals surface area (Å²) in [7, 11) is 0. The van der Waals surface area contributed by atoms with Crippen LogP contribution in [0.2, 0.25) is 0 Å². The zero-order valence-electron chi connectivity index (χ0n) is 11.6. The summed E-state index contributed by atoms with van der Waals surface area (Å²) in [6.45, 7) is 4.33. The molecule has 0 spiro atoms. The van der Waals surface area contributed by atoms with Crippen LogP contribution in [-0.4, -0.2) is 22.1 Å². The second-order valence-electron chi connectivity index (χ2n) is 5.55. The van der Waals surface area contributed by atoms with Crippen LogP contribution in [0.25, 0.3) is 0 Å². The number of rotatable bonds is 5. The van der Waals surface area contributed by atoms with Crippen LogP contribution in [0.1, 0.15) is 55.6 Å². The summed E-state index contributed by atoms with van der Waals surface area (Å²) in [6, 6.07) is 3.75. The van der Waals surface area contributed by atoms with Crippen molar-refractivity contribution >= 4 is 11.8 Å². The summed E-state index contributed by atoms with van der Waals surface area (Å²) in [5.41, 5.74) is 1.18. The van der Waals surface area contributed by atoms with Crippen molar-refractivity contribution < 1.29 is 9.90 Å². The fourth-order valence-electron chi connectivity index (χ4n) is 2.72. The first kappa shape index (κ1) is 13.8. The molecule has 4 nitrogen and oxygen atoms in total. The Labute approximate surface area is 114 Å². The lowest BCUT2D eigenvalue weighted by atomic mass is 10.1. The maximum Gasteiger partial charge on any atom is 0.335 e. The second-order valence-corrected chi connectivity index (χ2v) is 5.55. The lowest BCUT2D eigenvalue weighted by molar-refractivity contribution is 0.0696. The maximum atomic E-state index is 11.1. The van der Waals surface area contributed by atoms with Crippen LogP contribution < -0.4 is 5.32 Å². The van der Waals surface area contributed by atoms with Crippen molar-refractivity contribution in [2.24, 2.45) is 5.92 Å². The fourth-order valence-corrected chi connectivity index (χ4v) is 2.72. The van der Waals surface area contributed by atoms with Gasteiger partial charge in [-0.3, -0.25) is 0 Å².